The number of rotatable bonds is 5. The third-order valence-electron chi connectivity index (χ3n) is 11.3. The molecule has 0 N–H and O–H groups in total. The van der Waals surface area contributed by atoms with Gasteiger partial charge >= 0.3 is 0 Å². The van der Waals surface area contributed by atoms with E-state index in [0.717, 1.165) is 22.3 Å². The summed E-state index contributed by atoms with van der Waals surface area (Å²) in [6.45, 7) is 0. The van der Waals surface area contributed by atoms with Gasteiger partial charge in [0.05, 0.1) is 0 Å². The third kappa shape index (κ3) is 5.48. The van der Waals surface area contributed by atoms with Gasteiger partial charge in [0.25, 0.3) is 0 Å². The summed E-state index contributed by atoms with van der Waals surface area (Å²) in [6.07, 6.45) is 0. The number of aromatic nitrogens is 4. The van der Waals surface area contributed by atoms with Crippen LogP contribution in [-0.2, 0) is 0 Å². The van der Waals surface area contributed by atoms with Gasteiger partial charge in [0, 0.05) is 44.2 Å². The van der Waals surface area contributed by atoms with E-state index in [1.54, 1.807) is 0 Å². The Kier molecular flexibility index (Phi) is 8.72. The zero-order chi connectivity index (χ0) is 41.0. The lowest BCUT2D eigenvalue weighted by molar-refractivity contribution is 1.07. The predicted octanol–water partition coefficient (Wildman–Crippen LogP) is -0.681. The summed E-state index contributed by atoms with van der Waals surface area (Å²) in [5.41, 5.74) is 7.66. The Balaban J connectivity index is 1.26. The number of hydrogen-bond donors (Lipinski definition) is 0. The van der Waals surface area contributed by atoms with Gasteiger partial charge < -0.3 is 4.57 Å². The Morgan fingerprint density at radius 3 is 1.10 bits per heavy atom. The molecule has 0 saturated carbocycles. The summed E-state index contributed by atoms with van der Waals surface area (Å²) >= 11 is 0. The lowest BCUT2D eigenvalue weighted by Gasteiger charge is -2.24. The maximum absolute atomic E-state index is 6.93. The van der Waals surface area contributed by atoms with Crippen molar-refractivity contribution in [3.63, 3.8) is 0 Å². The summed E-state index contributed by atoms with van der Waals surface area (Å²) in [5.74, 6) is 1.44. The molecule has 0 saturated heterocycles. The van der Waals surface area contributed by atoms with Gasteiger partial charge in [-0.2, -0.15) is 0 Å². The van der Waals surface area contributed by atoms with Gasteiger partial charge in [-0.25, -0.2) is 15.0 Å². The van der Waals surface area contributed by atoms with Crippen LogP contribution in [0.5, 0.6) is 0 Å². The normalized spacial score (nSPS) is 11.7. The lowest BCUT2D eigenvalue weighted by Crippen LogP contribution is -2.49. The van der Waals surface area contributed by atoms with Crippen LogP contribution in [0.3, 0.4) is 0 Å². The Morgan fingerprint density at radius 1 is 0.288 bits per heavy atom. The molecule has 248 valence electrons. The van der Waals surface area contributed by atoms with Crippen molar-refractivity contribution in [3.05, 3.63) is 109 Å². The SMILES string of the molecule is [B]c1c([B])c([B])c2c(c1[B])c1c([B])c([B])c([B])c3c1c1c2c([B])c([B])c([B])c1n3-c1cccc(-c2nc(-c3ccccc3)nc(-c3ccc(-c4ccccc4)cc3)n2)c1. The molecule has 0 atom stereocenters. The number of benzene rings is 8. The van der Waals surface area contributed by atoms with E-state index in [2.05, 4.69) is 24.3 Å². The zero-order valence-electron chi connectivity index (χ0n) is 31.5. The molecule has 14 heteroatoms. The summed E-state index contributed by atoms with van der Waals surface area (Å²) in [7, 11) is 67.3. The molecule has 0 amide bonds. The predicted molar refractivity (Wildman–Crippen MR) is 256 cm³/mol. The number of hydrogen-bond acceptors (Lipinski definition) is 3. The van der Waals surface area contributed by atoms with E-state index in [9.17, 15) is 0 Å². The minimum atomic E-state index is 0.0942. The number of nitrogens with zero attached hydrogens (tertiary/aromatic N) is 4. The second kappa shape index (κ2) is 13.8. The zero-order valence-corrected chi connectivity index (χ0v) is 31.5. The molecule has 0 spiro atoms. The molecule has 2 aromatic heterocycles. The molecule has 0 unspecified atom stereocenters. The first-order valence-corrected chi connectivity index (χ1v) is 18.6. The highest BCUT2D eigenvalue weighted by molar-refractivity contribution is 6.74. The minimum absolute atomic E-state index is 0.0942. The maximum atomic E-state index is 6.93. The lowest BCUT2D eigenvalue weighted by atomic mass is 9.60. The fourth-order valence-electron chi connectivity index (χ4n) is 8.36. The van der Waals surface area contributed by atoms with E-state index in [4.69, 9.17) is 93.4 Å². The largest absolute Gasteiger partial charge is 0.310 e. The molecule has 10 rings (SSSR count). The van der Waals surface area contributed by atoms with Crippen molar-refractivity contribution in [3.8, 4) is 51.0 Å². The molecule has 10 aromatic rings. The van der Waals surface area contributed by atoms with Crippen LogP contribution in [0.15, 0.2) is 109 Å². The van der Waals surface area contributed by atoms with Crippen LogP contribution in [0.25, 0.3) is 94.3 Å². The second-order valence-electron chi connectivity index (χ2n) is 14.6. The van der Waals surface area contributed by atoms with E-state index in [1.807, 2.05) is 89.5 Å². The van der Waals surface area contributed by atoms with Gasteiger partial charge in [-0.1, -0.05) is 130 Å². The molecule has 0 aliphatic carbocycles. The molecule has 2 heterocycles. The van der Waals surface area contributed by atoms with Crippen LogP contribution < -0.4 is 54.6 Å². The summed E-state index contributed by atoms with van der Waals surface area (Å²) in [6, 6.07) is 35.7. The second-order valence-corrected chi connectivity index (χ2v) is 14.6. The summed E-state index contributed by atoms with van der Waals surface area (Å²) < 4.78 is 1.89. The number of fused-ring (bicyclic) bond motifs is 3. The van der Waals surface area contributed by atoms with Gasteiger partial charge in [-0.05, 0) is 44.8 Å². The average molecular weight is 723 g/mol. The van der Waals surface area contributed by atoms with Gasteiger partial charge in [0.15, 0.2) is 17.5 Å². The first-order chi connectivity index (χ1) is 28.5. The van der Waals surface area contributed by atoms with Crippen LogP contribution >= 0.6 is 0 Å². The van der Waals surface area contributed by atoms with Crippen LogP contribution in [0.2, 0.25) is 0 Å². The molecule has 0 bridgehead atoms. The topological polar surface area (TPSA) is 43.6 Å². The van der Waals surface area contributed by atoms with E-state index in [-0.39, 0.29) is 54.6 Å². The first-order valence-electron chi connectivity index (χ1n) is 18.6. The molecule has 8 aromatic carbocycles. The summed E-state index contributed by atoms with van der Waals surface area (Å²) in [4.78, 5) is 15.0. The van der Waals surface area contributed by atoms with E-state index in [0.29, 0.717) is 72.1 Å². The van der Waals surface area contributed by atoms with Crippen LogP contribution in [-0.4, -0.2) is 98.0 Å². The van der Waals surface area contributed by atoms with Gasteiger partial charge in [0.2, 0.25) is 0 Å². The average Bonchev–Trinajstić information content (AvgIpc) is 3.63. The Bertz CT molecular complexity index is 3250. The fraction of sp³-hybridized carbons (Fsp3) is 0. The molecule has 59 heavy (non-hydrogen) atoms. The molecule has 0 aliphatic heterocycles. The first kappa shape index (κ1) is 37.3. The van der Waals surface area contributed by atoms with Crippen LogP contribution in [0, 0.1) is 0 Å². The highest BCUT2D eigenvalue weighted by atomic mass is 15.0. The van der Waals surface area contributed by atoms with Crippen molar-refractivity contribution in [1.29, 1.82) is 0 Å². The monoisotopic (exact) mass is 724 g/mol. The standard InChI is InChI=1S/C45H18B10N4/c46-31-25-26(32(47)36(51)35(31)50)28-30-29-27(25)33(48)37(52)39(54)41(29)59(42(30)40(55)38(53)34(28)49)24-13-7-12-23(18-24)45-57-43(21-10-5-2-6-11-21)56-44(58-45)22-16-14-20(15-17-22)19-8-3-1-4-9-19/h1-18H. The quantitative estimate of drug-likeness (QED) is 0.175. The Labute approximate surface area is 354 Å². The minimum Gasteiger partial charge on any atom is -0.310 e. The fourth-order valence-corrected chi connectivity index (χ4v) is 8.36. The molecular formula is C45H18B10N4. The summed E-state index contributed by atoms with van der Waals surface area (Å²) in [5, 5.41) is 2.98. The van der Waals surface area contributed by atoms with Crippen molar-refractivity contribution in [2.24, 2.45) is 0 Å². The highest BCUT2D eigenvalue weighted by Crippen LogP contribution is 2.40. The molecule has 0 fully saturated rings. The van der Waals surface area contributed by atoms with Crippen molar-refractivity contribution < 1.29 is 0 Å². The van der Waals surface area contributed by atoms with Crippen LogP contribution in [0.1, 0.15) is 0 Å². The van der Waals surface area contributed by atoms with Gasteiger partial charge in [-0.3, -0.25) is 0 Å². The van der Waals surface area contributed by atoms with E-state index >= 15 is 0 Å². The van der Waals surface area contributed by atoms with Crippen molar-refractivity contribution in [2.75, 3.05) is 0 Å². The molecular weight excluding hydrogens is 705 g/mol. The van der Waals surface area contributed by atoms with Gasteiger partial charge in [0.1, 0.15) is 78.5 Å². The molecule has 4 nitrogen and oxygen atoms in total. The Hall–Kier alpha value is -6.00. The van der Waals surface area contributed by atoms with E-state index in [1.165, 1.54) is 0 Å². The van der Waals surface area contributed by atoms with E-state index < -0.39 is 0 Å². The van der Waals surface area contributed by atoms with Crippen LogP contribution in [0.4, 0.5) is 0 Å². The Morgan fingerprint density at radius 2 is 0.627 bits per heavy atom. The smallest absolute Gasteiger partial charge is 0.164 e. The van der Waals surface area contributed by atoms with Crippen molar-refractivity contribution >= 4 is 176 Å². The maximum Gasteiger partial charge on any atom is 0.164 e. The molecule has 0 aliphatic rings. The third-order valence-corrected chi connectivity index (χ3v) is 11.3. The highest BCUT2D eigenvalue weighted by Gasteiger charge is 2.28. The van der Waals surface area contributed by atoms with Gasteiger partial charge in [-0.15, -0.1) is 21.9 Å². The van der Waals surface area contributed by atoms with Crippen molar-refractivity contribution in [2.45, 2.75) is 0 Å². The van der Waals surface area contributed by atoms with Crippen molar-refractivity contribution in [1.82, 2.24) is 19.5 Å². The molecule has 20 radical (unpaired) electrons.